The summed E-state index contributed by atoms with van der Waals surface area (Å²) >= 11 is 0. The average molecular weight is 348 g/mol. The van der Waals surface area contributed by atoms with Gasteiger partial charge in [0.1, 0.15) is 6.33 Å². The van der Waals surface area contributed by atoms with E-state index in [9.17, 15) is 0 Å². The summed E-state index contributed by atoms with van der Waals surface area (Å²) in [6.07, 6.45) is 7.53. The Bertz CT molecular complexity index is 532. The van der Waals surface area contributed by atoms with Gasteiger partial charge in [0, 0.05) is 30.4 Å². The van der Waals surface area contributed by atoms with Crippen molar-refractivity contribution in [2.75, 3.05) is 18.0 Å². The summed E-state index contributed by atoms with van der Waals surface area (Å²) in [6, 6.07) is 4.38. The molecule has 1 saturated heterocycles. The third kappa shape index (κ3) is 7.85. The second-order valence-corrected chi connectivity index (χ2v) is 4.73. The molecule has 0 atom stereocenters. The van der Waals surface area contributed by atoms with Gasteiger partial charge in [-0.3, -0.25) is 0 Å². The first-order valence-electron chi connectivity index (χ1n) is 10.3. The minimum Gasteiger partial charge on any atom is -0.371 e. The molecule has 1 fully saturated rings. The maximum atomic E-state index is 4.40. The lowest BCUT2D eigenvalue weighted by Crippen LogP contribution is -2.29. The highest BCUT2D eigenvalue weighted by Gasteiger charge is 2.14. The first kappa shape index (κ1) is 25.6. The van der Waals surface area contributed by atoms with Gasteiger partial charge in [0.05, 0.1) is 5.52 Å². The molecule has 0 aliphatic carbocycles. The largest absolute Gasteiger partial charge is 0.371 e. The zero-order valence-electron chi connectivity index (χ0n) is 18.2. The number of anilines is 1. The van der Waals surface area contributed by atoms with Crippen LogP contribution in [-0.2, 0) is 0 Å². The van der Waals surface area contributed by atoms with E-state index >= 15 is 0 Å². The van der Waals surface area contributed by atoms with E-state index in [2.05, 4.69) is 33.9 Å². The number of piperidine rings is 1. The Morgan fingerprint density at radius 1 is 0.800 bits per heavy atom. The van der Waals surface area contributed by atoms with Crippen LogP contribution in [0.15, 0.2) is 24.7 Å². The molecule has 0 spiro atoms. The van der Waals surface area contributed by atoms with Crippen molar-refractivity contribution in [2.24, 2.45) is 0 Å². The standard InChI is InChI=1S/C14H17N3.4C2H6/c1-11-5-6-13(17-7-3-2-4-8-17)12-9-15-10-16-14(11)12;4*1-2/h5-6,9-10H,2-4,7-8H2,1H3;4*1-2H3. The molecule has 0 amide bonds. The molecule has 0 radical (unpaired) electrons. The van der Waals surface area contributed by atoms with Crippen LogP contribution in [0.2, 0.25) is 0 Å². The van der Waals surface area contributed by atoms with E-state index in [1.165, 1.54) is 35.9 Å². The quantitative estimate of drug-likeness (QED) is 0.554. The number of rotatable bonds is 1. The number of nitrogens with zero attached hydrogens (tertiary/aromatic N) is 3. The minimum absolute atomic E-state index is 1.09. The molecular formula is C22H41N3. The summed E-state index contributed by atoms with van der Waals surface area (Å²) in [5.74, 6) is 0. The second-order valence-electron chi connectivity index (χ2n) is 4.73. The van der Waals surface area contributed by atoms with Crippen LogP contribution in [0, 0.1) is 6.92 Å². The fraction of sp³-hybridized carbons (Fsp3) is 0.636. The molecule has 1 aliphatic heterocycles. The normalized spacial score (nSPS) is 12.1. The zero-order valence-corrected chi connectivity index (χ0v) is 18.2. The summed E-state index contributed by atoms with van der Waals surface area (Å²) in [5.41, 5.74) is 3.61. The smallest absolute Gasteiger partial charge is 0.116 e. The molecule has 1 aliphatic rings. The third-order valence-electron chi connectivity index (χ3n) is 3.55. The Labute approximate surface area is 156 Å². The molecule has 0 bridgehead atoms. The number of aryl methyl sites for hydroxylation is 1. The van der Waals surface area contributed by atoms with Crippen LogP contribution in [0.1, 0.15) is 80.2 Å². The molecule has 2 heterocycles. The molecule has 1 aromatic heterocycles. The summed E-state index contributed by atoms with van der Waals surface area (Å²) in [5, 5.41) is 1.19. The van der Waals surface area contributed by atoms with Crippen molar-refractivity contribution in [1.82, 2.24) is 9.97 Å². The van der Waals surface area contributed by atoms with E-state index in [4.69, 9.17) is 0 Å². The molecule has 3 nitrogen and oxygen atoms in total. The molecule has 25 heavy (non-hydrogen) atoms. The van der Waals surface area contributed by atoms with Gasteiger partial charge < -0.3 is 4.90 Å². The number of aromatic nitrogens is 2. The van der Waals surface area contributed by atoms with E-state index in [0.29, 0.717) is 0 Å². The van der Waals surface area contributed by atoms with Crippen LogP contribution in [0.4, 0.5) is 5.69 Å². The molecule has 1 aromatic carbocycles. The Kier molecular flexibility index (Phi) is 17.6. The van der Waals surface area contributed by atoms with Gasteiger partial charge in [0.15, 0.2) is 0 Å². The predicted octanol–water partition coefficient (Wildman–Crippen LogP) is 7.03. The van der Waals surface area contributed by atoms with Gasteiger partial charge in [-0.2, -0.15) is 0 Å². The summed E-state index contributed by atoms with van der Waals surface area (Å²) in [4.78, 5) is 11.0. The molecule has 2 aromatic rings. The van der Waals surface area contributed by atoms with Crippen LogP contribution >= 0.6 is 0 Å². The van der Waals surface area contributed by atoms with Gasteiger partial charge in [-0.1, -0.05) is 61.5 Å². The summed E-state index contributed by atoms with van der Waals surface area (Å²) in [6.45, 7) is 20.4. The summed E-state index contributed by atoms with van der Waals surface area (Å²) in [7, 11) is 0. The van der Waals surface area contributed by atoms with Crippen LogP contribution < -0.4 is 4.90 Å². The SMILES string of the molecule is CC.CC.CC.CC.Cc1ccc(N2CCCCC2)c2cncnc12. The van der Waals surface area contributed by atoms with E-state index < -0.39 is 0 Å². The Morgan fingerprint density at radius 2 is 1.36 bits per heavy atom. The Morgan fingerprint density at radius 3 is 1.92 bits per heavy atom. The topological polar surface area (TPSA) is 29.0 Å². The maximum absolute atomic E-state index is 4.40. The van der Waals surface area contributed by atoms with Crippen LogP contribution in [0.5, 0.6) is 0 Å². The number of hydrogen-bond acceptors (Lipinski definition) is 3. The van der Waals surface area contributed by atoms with E-state index in [1.807, 2.05) is 61.6 Å². The molecule has 3 heteroatoms. The van der Waals surface area contributed by atoms with Crippen molar-refractivity contribution in [1.29, 1.82) is 0 Å². The van der Waals surface area contributed by atoms with E-state index in [1.54, 1.807) is 6.33 Å². The van der Waals surface area contributed by atoms with Gasteiger partial charge in [-0.05, 0) is 37.8 Å². The van der Waals surface area contributed by atoms with Crippen molar-refractivity contribution >= 4 is 16.6 Å². The highest BCUT2D eigenvalue weighted by atomic mass is 15.1. The fourth-order valence-corrected chi connectivity index (χ4v) is 2.61. The lowest BCUT2D eigenvalue weighted by atomic mass is 10.1. The van der Waals surface area contributed by atoms with Crippen LogP contribution in [-0.4, -0.2) is 23.1 Å². The number of hydrogen-bond donors (Lipinski definition) is 0. The third-order valence-corrected chi connectivity index (χ3v) is 3.55. The Hall–Kier alpha value is -1.64. The second kappa shape index (κ2) is 17.2. The van der Waals surface area contributed by atoms with E-state index in [-0.39, 0.29) is 0 Å². The van der Waals surface area contributed by atoms with Crippen LogP contribution in [0.25, 0.3) is 10.9 Å². The van der Waals surface area contributed by atoms with Gasteiger partial charge >= 0.3 is 0 Å². The fourth-order valence-electron chi connectivity index (χ4n) is 2.61. The lowest BCUT2D eigenvalue weighted by molar-refractivity contribution is 0.579. The average Bonchev–Trinajstić information content (AvgIpc) is 2.75. The first-order valence-corrected chi connectivity index (χ1v) is 10.3. The highest BCUT2D eigenvalue weighted by molar-refractivity contribution is 5.93. The van der Waals surface area contributed by atoms with Crippen molar-refractivity contribution < 1.29 is 0 Å². The highest BCUT2D eigenvalue weighted by Crippen LogP contribution is 2.29. The van der Waals surface area contributed by atoms with Gasteiger partial charge in [0.2, 0.25) is 0 Å². The first-order chi connectivity index (χ1) is 12.4. The molecule has 144 valence electrons. The molecule has 3 rings (SSSR count). The number of fused-ring (bicyclic) bond motifs is 1. The zero-order chi connectivity index (χ0) is 19.7. The predicted molar refractivity (Wildman–Crippen MR) is 116 cm³/mol. The number of benzene rings is 1. The van der Waals surface area contributed by atoms with Gasteiger partial charge in [-0.25, -0.2) is 9.97 Å². The van der Waals surface area contributed by atoms with Gasteiger partial charge in [0.25, 0.3) is 0 Å². The Balaban J connectivity index is 0. The molecule has 0 unspecified atom stereocenters. The molecule has 0 N–H and O–H groups in total. The van der Waals surface area contributed by atoms with Crippen molar-refractivity contribution in [3.63, 3.8) is 0 Å². The van der Waals surface area contributed by atoms with Crippen molar-refractivity contribution in [2.45, 2.75) is 81.6 Å². The van der Waals surface area contributed by atoms with Crippen molar-refractivity contribution in [3.8, 4) is 0 Å². The van der Waals surface area contributed by atoms with Crippen LogP contribution in [0.3, 0.4) is 0 Å². The summed E-state index contributed by atoms with van der Waals surface area (Å²) < 4.78 is 0. The monoisotopic (exact) mass is 347 g/mol. The molecule has 0 saturated carbocycles. The minimum atomic E-state index is 1.09. The van der Waals surface area contributed by atoms with E-state index in [0.717, 1.165) is 18.6 Å². The van der Waals surface area contributed by atoms with Crippen molar-refractivity contribution in [3.05, 3.63) is 30.2 Å². The maximum Gasteiger partial charge on any atom is 0.116 e. The van der Waals surface area contributed by atoms with Gasteiger partial charge in [-0.15, -0.1) is 0 Å². The lowest BCUT2D eigenvalue weighted by Gasteiger charge is -2.29. The molecular weight excluding hydrogens is 306 g/mol.